The summed E-state index contributed by atoms with van der Waals surface area (Å²) in [4.78, 5) is 11.0. The quantitative estimate of drug-likeness (QED) is 0.839. The number of nitrogens with zero attached hydrogens (tertiary/aromatic N) is 3. The number of hydrogen-bond donors (Lipinski definition) is 1. The number of hydrazone groups is 1. The van der Waals surface area contributed by atoms with Crippen LogP contribution in [0.25, 0.3) is 10.2 Å². The second kappa shape index (κ2) is 5.48. The van der Waals surface area contributed by atoms with E-state index in [2.05, 4.69) is 41.3 Å². The predicted octanol–water partition coefficient (Wildman–Crippen LogP) is 4.29. The number of hydrogen-bond acceptors (Lipinski definition) is 5. The summed E-state index contributed by atoms with van der Waals surface area (Å²) >= 11 is 1.72. The Morgan fingerprint density at radius 2 is 2.20 bits per heavy atom. The van der Waals surface area contributed by atoms with Crippen LogP contribution in [0.4, 0.5) is 5.82 Å². The lowest BCUT2D eigenvalue weighted by Gasteiger charge is -2.19. The molecule has 5 heteroatoms. The number of thiophene rings is 1. The van der Waals surface area contributed by atoms with Gasteiger partial charge in [-0.05, 0) is 51.0 Å². The van der Waals surface area contributed by atoms with Gasteiger partial charge in [-0.1, -0.05) is 6.92 Å². The van der Waals surface area contributed by atoms with Crippen molar-refractivity contribution < 1.29 is 0 Å². The number of anilines is 1. The zero-order valence-electron chi connectivity index (χ0n) is 12.2. The first-order valence-electron chi connectivity index (χ1n) is 7.17. The lowest BCUT2D eigenvalue weighted by molar-refractivity contribution is 0.500. The van der Waals surface area contributed by atoms with E-state index in [1.807, 2.05) is 0 Å². The molecule has 2 aromatic heterocycles. The van der Waals surface area contributed by atoms with E-state index >= 15 is 0 Å². The molecule has 0 saturated heterocycles. The fraction of sp³-hybridized carbons (Fsp3) is 0.533. The fourth-order valence-electron chi connectivity index (χ4n) is 2.76. The first kappa shape index (κ1) is 13.5. The monoisotopic (exact) mass is 288 g/mol. The van der Waals surface area contributed by atoms with Gasteiger partial charge < -0.3 is 0 Å². The Morgan fingerprint density at radius 1 is 1.35 bits per heavy atom. The maximum absolute atomic E-state index is 4.59. The molecule has 1 N–H and O–H groups in total. The third-order valence-electron chi connectivity index (χ3n) is 4.03. The minimum absolute atomic E-state index is 0.750. The van der Waals surface area contributed by atoms with Gasteiger partial charge in [-0.25, -0.2) is 9.97 Å². The average molecular weight is 288 g/mol. The van der Waals surface area contributed by atoms with Crippen LogP contribution in [0.15, 0.2) is 11.4 Å². The third-order valence-corrected chi connectivity index (χ3v) is 5.15. The van der Waals surface area contributed by atoms with Crippen LogP contribution >= 0.6 is 11.3 Å². The summed E-state index contributed by atoms with van der Waals surface area (Å²) in [6.45, 7) is 6.54. The largest absolute Gasteiger partial charge is 0.261 e. The van der Waals surface area contributed by atoms with Crippen molar-refractivity contribution in [3.63, 3.8) is 0 Å². The van der Waals surface area contributed by atoms with E-state index in [-0.39, 0.29) is 0 Å². The highest BCUT2D eigenvalue weighted by Crippen LogP contribution is 2.32. The third kappa shape index (κ3) is 2.54. The Bertz CT molecular complexity index is 659. The van der Waals surface area contributed by atoms with Crippen LogP contribution in [0.2, 0.25) is 0 Å². The van der Waals surface area contributed by atoms with E-state index in [1.165, 1.54) is 29.0 Å². The lowest BCUT2D eigenvalue weighted by atomic mass is 9.89. The Morgan fingerprint density at radius 3 is 3.00 bits per heavy atom. The average Bonchev–Trinajstić information content (AvgIpc) is 2.73. The van der Waals surface area contributed by atoms with Gasteiger partial charge in [0.1, 0.15) is 11.2 Å². The maximum Gasteiger partial charge on any atom is 0.158 e. The normalized spacial score (nSPS) is 21.6. The number of aryl methyl sites for hydroxylation is 2. The predicted molar refractivity (Wildman–Crippen MR) is 85.6 cm³/mol. The fourth-order valence-corrected chi connectivity index (χ4v) is 3.76. The summed E-state index contributed by atoms with van der Waals surface area (Å²) in [6.07, 6.45) is 6.39. The van der Waals surface area contributed by atoms with Crippen LogP contribution < -0.4 is 5.43 Å². The van der Waals surface area contributed by atoms with E-state index in [4.69, 9.17) is 0 Å². The van der Waals surface area contributed by atoms with E-state index in [0.717, 1.165) is 34.8 Å². The van der Waals surface area contributed by atoms with E-state index in [9.17, 15) is 0 Å². The van der Waals surface area contributed by atoms with Crippen LogP contribution in [0, 0.1) is 19.8 Å². The van der Waals surface area contributed by atoms with Crippen molar-refractivity contribution in [2.24, 2.45) is 11.0 Å². The van der Waals surface area contributed by atoms with Gasteiger partial charge >= 0.3 is 0 Å². The summed E-state index contributed by atoms with van der Waals surface area (Å²) < 4.78 is 0. The van der Waals surface area contributed by atoms with Gasteiger partial charge in [-0.3, -0.25) is 5.43 Å². The van der Waals surface area contributed by atoms with Crippen molar-refractivity contribution in [1.82, 2.24) is 9.97 Å². The van der Waals surface area contributed by atoms with E-state index in [0.29, 0.717) is 0 Å². The standard InChI is InChI=1S/C15H20N4S/c1-9-5-4-6-12(7-9)18-19-14-13-10(2)11(3)20-15(13)17-8-16-14/h8-9H,4-7H2,1-3H3,(H,16,17,19)/t9-/m1/s1. The van der Waals surface area contributed by atoms with Crippen LogP contribution in [-0.4, -0.2) is 15.7 Å². The van der Waals surface area contributed by atoms with Gasteiger partial charge in [-0.2, -0.15) is 5.10 Å². The zero-order valence-corrected chi connectivity index (χ0v) is 13.0. The molecular formula is C15H20N4S. The molecule has 3 rings (SSSR count). The van der Waals surface area contributed by atoms with Gasteiger partial charge in [-0.15, -0.1) is 11.3 Å². The molecule has 0 bridgehead atoms. The summed E-state index contributed by atoms with van der Waals surface area (Å²) in [7, 11) is 0. The zero-order chi connectivity index (χ0) is 14.1. The van der Waals surface area contributed by atoms with Crippen molar-refractivity contribution >= 4 is 33.1 Å². The number of nitrogens with one attached hydrogen (secondary N) is 1. The molecule has 1 aliphatic rings. The highest BCUT2D eigenvalue weighted by Gasteiger charge is 2.15. The molecule has 0 spiro atoms. The van der Waals surface area contributed by atoms with Crippen molar-refractivity contribution in [2.75, 3.05) is 5.43 Å². The van der Waals surface area contributed by atoms with E-state index in [1.54, 1.807) is 17.7 Å². The molecule has 2 aromatic rings. The Labute approximate surface area is 123 Å². The Kier molecular flexibility index (Phi) is 3.70. The first-order chi connectivity index (χ1) is 9.65. The van der Waals surface area contributed by atoms with Crippen LogP contribution in [0.5, 0.6) is 0 Å². The highest BCUT2D eigenvalue weighted by atomic mass is 32.1. The molecule has 1 saturated carbocycles. The molecule has 1 atom stereocenters. The molecule has 0 radical (unpaired) electrons. The second-order valence-electron chi connectivity index (χ2n) is 5.68. The molecule has 0 aliphatic heterocycles. The molecular weight excluding hydrogens is 268 g/mol. The highest BCUT2D eigenvalue weighted by molar-refractivity contribution is 7.18. The molecule has 2 heterocycles. The molecule has 20 heavy (non-hydrogen) atoms. The second-order valence-corrected chi connectivity index (χ2v) is 6.88. The molecule has 0 unspecified atom stereocenters. The van der Waals surface area contributed by atoms with Crippen LogP contribution in [-0.2, 0) is 0 Å². The summed E-state index contributed by atoms with van der Waals surface area (Å²) in [5.41, 5.74) is 5.69. The summed E-state index contributed by atoms with van der Waals surface area (Å²) in [5.74, 6) is 1.59. The van der Waals surface area contributed by atoms with Gasteiger partial charge in [0.25, 0.3) is 0 Å². The van der Waals surface area contributed by atoms with Gasteiger partial charge in [0.2, 0.25) is 0 Å². The van der Waals surface area contributed by atoms with Crippen molar-refractivity contribution in [3.05, 3.63) is 16.8 Å². The first-order valence-corrected chi connectivity index (χ1v) is 7.99. The summed E-state index contributed by atoms with van der Waals surface area (Å²) in [6, 6.07) is 0. The molecule has 4 nitrogen and oxygen atoms in total. The van der Waals surface area contributed by atoms with Gasteiger partial charge in [0.15, 0.2) is 5.82 Å². The van der Waals surface area contributed by atoms with Crippen molar-refractivity contribution in [1.29, 1.82) is 0 Å². The minimum atomic E-state index is 0.750. The summed E-state index contributed by atoms with van der Waals surface area (Å²) in [5, 5.41) is 5.70. The lowest BCUT2D eigenvalue weighted by Crippen LogP contribution is -2.14. The van der Waals surface area contributed by atoms with Gasteiger partial charge in [0, 0.05) is 10.6 Å². The Balaban J connectivity index is 1.89. The topological polar surface area (TPSA) is 50.2 Å². The van der Waals surface area contributed by atoms with Crippen molar-refractivity contribution in [3.8, 4) is 0 Å². The van der Waals surface area contributed by atoms with Crippen LogP contribution in [0.1, 0.15) is 43.0 Å². The molecule has 0 aromatic carbocycles. The maximum atomic E-state index is 4.59. The number of aromatic nitrogens is 2. The van der Waals surface area contributed by atoms with Gasteiger partial charge in [0.05, 0.1) is 5.39 Å². The minimum Gasteiger partial charge on any atom is -0.261 e. The van der Waals surface area contributed by atoms with E-state index < -0.39 is 0 Å². The molecule has 0 amide bonds. The molecule has 106 valence electrons. The number of rotatable bonds is 2. The molecule has 1 aliphatic carbocycles. The SMILES string of the molecule is Cc1sc2ncnc(NN=C3CCC[C@@H](C)C3)c2c1C. The number of fused-ring (bicyclic) bond motifs is 1. The van der Waals surface area contributed by atoms with Crippen molar-refractivity contribution in [2.45, 2.75) is 46.5 Å². The smallest absolute Gasteiger partial charge is 0.158 e. The van der Waals surface area contributed by atoms with Crippen LogP contribution in [0.3, 0.4) is 0 Å². The Hall–Kier alpha value is -1.49. The molecule has 1 fully saturated rings.